The van der Waals surface area contributed by atoms with E-state index in [-0.39, 0.29) is 11.6 Å². The van der Waals surface area contributed by atoms with Crippen LogP contribution in [0.4, 0.5) is 5.69 Å². The Morgan fingerprint density at radius 3 is 2.65 bits per heavy atom. The van der Waals surface area contributed by atoms with Gasteiger partial charge in [-0.1, -0.05) is 27.2 Å². The van der Waals surface area contributed by atoms with Crippen molar-refractivity contribution in [3.63, 3.8) is 0 Å². The topological polar surface area (TPSA) is 63.5 Å². The van der Waals surface area contributed by atoms with Gasteiger partial charge in [0.15, 0.2) is 0 Å². The van der Waals surface area contributed by atoms with Gasteiger partial charge in [-0.15, -0.1) is 11.8 Å². The first-order chi connectivity index (χ1) is 10.9. The largest absolute Gasteiger partial charge is 0.342 e. The second-order valence-electron chi connectivity index (χ2n) is 6.05. The van der Waals surface area contributed by atoms with Crippen molar-refractivity contribution in [3.8, 4) is 0 Å². The Balaban J connectivity index is 2.90. The summed E-state index contributed by atoms with van der Waals surface area (Å²) < 4.78 is 0. The van der Waals surface area contributed by atoms with Gasteiger partial charge in [0.05, 0.1) is 9.82 Å². The molecular weight excluding hydrogens is 312 g/mol. The predicted molar refractivity (Wildman–Crippen MR) is 95.1 cm³/mol. The average Bonchev–Trinajstić information content (AvgIpc) is 2.51. The lowest BCUT2D eigenvalue weighted by atomic mass is 10.1. The third-order valence-electron chi connectivity index (χ3n) is 3.55. The number of nitro benzene ring substituents is 1. The number of unbranched alkanes of at least 4 members (excludes halogenated alkanes) is 1. The number of amides is 1. The SMILES string of the molecule is CCCCN(C)C(=O)c1ccc(SCCC(C)C)c([N+](=O)[O-])c1. The maximum atomic E-state index is 12.3. The van der Waals surface area contributed by atoms with Crippen molar-refractivity contribution in [2.75, 3.05) is 19.3 Å². The van der Waals surface area contributed by atoms with E-state index in [9.17, 15) is 14.9 Å². The first-order valence-electron chi connectivity index (χ1n) is 8.03. The van der Waals surface area contributed by atoms with Gasteiger partial charge < -0.3 is 4.90 Å². The summed E-state index contributed by atoms with van der Waals surface area (Å²) in [6.07, 6.45) is 2.93. The van der Waals surface area contributed by atoms with Crippen LogP contribution in [0.25, 0.3) is 0 Å². The highest BCUT2D eigenvalue weighted by Crippen LogP contribution is 2.31. The number of hydrogen-bond acceptors (Lipinski definition) is 4. The molecule has 0 N–H and O–H groups in total. The quantitative estimate of drug-likeness (QED) is 0.375. The van der Waals surface area contributed by atoms with Crippen LogP contribution in [0.15, 0.2) is 23.1 Å². The number of carbonyl (C=O) groups is 1. The molecule has 0 bridgehead atoms. The first-order valence-corrected chi connectivity index (χ1v) is 9.02. The molecule has 0 fully saturated rings. The van der Waals surface area contributed by atoms with Crippen LogP contribution in [0.5, 0.6) is 0 Å². The number of rotatable bonds is 9. The van der Waals surface area contributed by atoms with E-state index < -0.39 is 4.92 Å². The maximum absolute atomic E-state index is 12.3. The van der Waals surface area contributed by atoms with Gasteiger partial charge in [-0.25, -0.2) is 0 Å². The van der Waals surface area contributed by atoms with Crippen molar-refractivity contribution in [1.29, 1.82) is 0 Å². The molecule has 128 valence electrons. The van der Waals surface area contributed by atoms with Gasteiger partial charge in [0.25, 0.3) is 11.6 Å². The van der Waals surface area contributed by atoms with Crippen LogP contribution in [0, 0.1) is 16.0 Å². The lowest BCUT2D eigenvalue weighted by Crippen LogP contribution is -2.27. The van der Waals surface area contributed by atoms with E-state index in [1.807, 2.05) is 0 Å². The summed E-state index contributed by atoms with van der Waals surface area (Å²) in [5, 5.41) is 11.3. The molecular formula is C17H26N2O3S. The van der Waals surface area contributed by atoms with Crippen molar-refractivity contribution in [2.24, 2.45) is 5.92 Å². The molecule has 0 aliphatic heterocycles. The lowest BCUT2D eigenvalue weighted by molar-refractivity contribution is -0.387. The molecule has 0 aromatic heterocycles. The number of carbonyl (C=O) groups excluding carboxylic acids is 1. The van der Waals surface area contributed by atoms with Crippen molar-refractivity contribution < 1.29 is 9.72 Å². The van der Waals surface area contributed by atoms with Gasteiger partial charge in [-0.3, -0.25) is 14.9 Å². The molecule has 6 heteroatoms. The zero-order chi connectivity index (χ0) is 17.4. The van der Waals surface area contributed by atoms with Crippen LogP contribution in [-0.2, 0) is 0 Å². The van der Waals surface area contributed by atoms with Crippen LogP contribution < -0.4 is 0 Å². The Morgan fingerprint density at radius 2 is 2.09 bits per heavy atom. The van der Waals surface area contributed by atoms with E-state index in [1.165, 1.54) is 17.8 Å². The highest BCUT2D eigenvalue weighted by atomic mass is 32.2. The van der Waals surface area contributed by atoms with Gasteiger partial charge in [-0.05, 0) is 36.6 Å². The van der Waals surface area contributed by atoms with Crippen molar-refractivity contribution in [2.45, 2.75) is 44.9 Å². The van der Waals surface area contributed by atoms with E-state index in [2.05, 4.69) is 20.8 Å². The third kappa shape index (κ3) is 6.22. The molecule has 1 amide bonds. The maximum Gasteiger partial charge on any atom is 0.283 e. The second kappa shape index (κ2) is 9.55. The van der Waals surface area contributed by atoms with E-state index in [0.717, 1.165) is 25.0 Å². The van der Waals surface area contributed by atoms with Crippen LogP contribution >= 0.6 is 11.8 Å². The molecule has 23 heavy (non-hydrogen) atoms. The summed E-state index contributed by atoms with van der Waals surface area (Å²) in [6.45, 7) is 6.98. The summed E-state index contributed by atoms with van der Waals surface area (Å²) in [5.74, 6) is 1.23. The summed E-state index contributed by atoms with van der Waals surface area (Å²) in [7, 11) is 1.73. The molecule has 5 nitrogen and oxygen atoms in total. The van der Waals surface area contributed by atoms with Gasteiger partial charge in [0.2, 0.25) is 0 Å². The van der Waals surface area contributed by atoms with Crippen molar-refractivity contribution in [3.05, 3.63) is 33.9 Å². The zero-order valence-electron chi connectivity index (χ0n) is 14.4. The minimum Gasteiger partial charge on any atom is -0.342 e. The molecule has 0 aliphatic carbocycles. The summed E-state index contributed by atoms with van der Waals surface area (Å²) in [4.78, 5) is 25.5. The summed E-state index contributed by atoms with van der Waals surface area (Å²) >= 11 is 1.48. The number of hydrogen-bond donors (Lipinski definition) is 0. The molecule has 0 unspecified atom stereocenters. The Kier molecular flexibility index (Phi) is 8.09. The molecule has 0 saturated carbocycles. The molecule has 1 rings (SSSR count). The molecule has 1 aromatic rings. The van der Waals surface area contributed by atoms with Crippen molar-refractivity contribution >= 4 is 23.4 Å². The number of thioether (sulfide) groups is 1. The molecule has 0 spiro atoms. The van der Waals surface area contributed by atoms with Gasteiger partial charge >= 0.3 is 0 Å². The molecule has 0 saturated heterocycles. The Labute approximate surface area is 142 Å². The highest BCUT2D eigenvalue weighted by Gasteiger charge is 2.19. The van der Waals surface area contributed by atoms with E-state index in [4.69, 9.17) is 0 Å². The number of nitro groups is 1. The van der Waals surface area contributed by atoms with Gasteiger partial charge in [-0.2, -0.15) is 0 Å². The average molecular weight is 338 g/mol. The molecule has 1 aromatic carbocycles. The smallest absolute Gasteiger partial charge is 0.283 e. The molecule has 0 heterocycles. The fourth-order valence-corrected chi connectivity index (χ4v) is 3.29. The number of nitrogens with zero attached hydrogens (tertiary/aromatic N) is 2. The monoisotopic (exact) mass is 338 g/mol. The summed E-state index contributed by atoms with van der Waals surface area (Å²) in [6, 6.07) is 4.79. The Hall–Kier alpha value is -1.56. The standard InChI is InChI=1S/C17H26N2O3S/c1-5-6-10-18(4)17(20)14-7-8-16(15(12-14)19(21)22)23-11-9-13(2)3/h7-8,12-13H,5-6,9-11H2,1-4H3. The number of benzene rings is 1. The molecule has 0 radical (unpaired) electrons. The Bertz CT molecular complexity index is 547. The van der Waals surface area contributed by atoms with Gasteiger partial charge in [0.1, 0.15) is 0 Å². The zero-order valence-corrected chi connectivity index (χ0v) is 15.2. The lowest BCUT2D eigenvalue weighted by Gasteiger charge is -2.17. The van der Waals surface area contributed by atoms with Crippen LogP contribution in [0.2, 0.25) is 0 Å². The van der Waals surface area contributed by atoms with Crippen LogP contribution in [0.1, 0.15) is 50.4 Å². The fraction of sp³-hybridized carbons (Fsp3) is 0.588. The second-order valence-corrected chi connectivity index (χ2v) is 7.19. The van der Waals surface area contributed by atoms with E-state index >= 15 is 0 Å². The minimum absolute atomic E-state index is 0.0218. The van der Waals surface area contributed by atoms with E-state index in [1.54, 1.807) is 24.1 Å². The third-order valence-corrected chi connectivity index (χ3v) is 4.65. The Morgan fingerprint density at radius 1 is 1.39 bits per heavy atom. The summed E-state index contributed by atoms with van der Waals surface area (Å²) in [5.41, 5.74) is 0.400. The van der Waals surface area contributed by atoms with E-state index in [0.29, 0.717) is 22.9 Å². The van der Waals surface area contributed by atoms with Crippen LogP contribution in [0.3, 0.4) is 0 Å². The van der Waals surface area contributed by atoms with Crippen molar-refractivity contribution in [1.82, 2.24) is 4.90 Å². The van der Waals surface area contributed by atoms with Crippen LogP contribution in [-0.4, -0.2) is 35.1 Å². The van der Waals surface area contributed by atoms with Gasteiger partial charge in [0, 0.05) is 25.2 Å². The predicted octanol–water partition coefficient (Wildman–Crippen LogP) is 4.61. The normalized spacial score (nSPS) is 10.8. The molecule has 0 atom stereocenters. The molecule has 0 aliphatic rings. The minimum atomic E-state index is -0.402. The first kappa shape index (κ1) is 19.5. The highest BCUT2D eigenvalue weighted by molar-refractivity contribution is 7.99. The fourth-order valence-electron chi connectivity index (χ4n) is 2.04.